The van der Waals surface area contributed by atoms with E-state index in [1.54, 1.807) is 36.4 Å². The second-order valence-corrected chi connectivity index (χ2v) is 7.80. The summed E-state index contributed by atoms with van der Waals surface area (Å²) in [6.07, 6.45) is 0. The van der Waals surface area contributed by atoms with E-state index in [1.165, 1.54) is 18.1 Å². The molecule has 7 nitrogen and oxygen atoms in total. The highest BCUT2D eigenvalue weighted by Gasteiger charge is 2.46. The number of phenolic OH excluding ortho intramolecular Hbond substituents is 1. The first-order valence-electron chi connectivity index (χ1n) is 10.9. The third-order valence-corrected chi connectivity index (χ3v) is 5.69. The second-order valence-electron chi connectivity index (χ2n) is 7.80. The number of aromatic hydroxyl groups is 1. The van der Waals surface area contributed by atoms with Crippen LogP contribution in [0.15, 0.2) is 78.4 Å². The lowest BCUT2D eigenvalue weighted by atomic mass is 9.94. The van der Waals surface area contributed by atoms with Gasteiger partial charge in [0.25, 0.3) is 11.7 Å². The van der Waals surface area contributed by atoms with Crippen molar-refractivity contribution in [2.75, 3.05) is 13.7 Å². The molecule has 1 atom stereocenters. The van der Waals surface area contributed by atoms with Crippen LogP contribution >= 0.6 is 0 Å². The quantitative estimate of drug-likeness (QED) is 0.308. The molecule has 1 aliphatic rings. The Balaban J connectivity index is 1.85. The van der Waals surface area contributed by atoms with Gasteiger partial charge >= 0.3 is 0 Å². The first-order valence-corrected chi connectivity index (χ1v) is 10.9. The summed E-state index contributed by atoms with van der Waals surface area (Å²) in [6.45, 7) is 2.53. The fourth-order valence-electron chi connectivity index (χ4n) is 4.07. The molecular weight excluding hydrogens is 434 g/mol. The Morgan fingerprint density at radius 1 is 1.00 bits per heavy atom. The van der Waals surface area contributed by atoms with Crippen LogP contribution in [0.3, 0.4) is 0 Å². The number of nitrogens with zero attached hydrogens (tertiary/aromatic N) is 1. The Bertz CT molecular complexity index is 1230. The molecular formula is C27H25NO6. The number of carbonyl (C=O) groups is 2. The van der Waals surface area contributed by atoms with Gasteiger partial charge in [0.15, 0.2) is 11.5 Å². The van der Waals surface area contributed by atoms with Gasteiger partial charge in [0.2, 0.25) is 0 Å². The highest BCUT2D eigenvalue weighted by atomic mass is 16.5. The summed E-state index contributed by atoms with van der Waals surface area (Å²) in [7, 11) is 1.42. The number of likely N-dealkylation sites (tertiary alicyclic amines) is 1. The van der Waals surface area contributed by atoms with Crippen molar-refractivity contribution in [3.63, 3.8) is 0 Å². The number of benzene rings is 3. The minimum atomic E-state index is -0.874. The van der Waals surface area contributed by atoms with Gasteiger partial charge in [-0.3, -0.25) is 9.59 Å². The van der Waals surface area contributed by atoms with Crippen molar-refractivity contribution in [3.05, 3.63) is 95.1 Å². The Labute approximate surface area is 197 Å². The number of methoxy groups -OCH3 is 1. The molecule has 0 saturated carbocycles. The summed E-state index contributed by atoms with van der Waals surface area (Å²) < 4.78 is 10.7. The molecule has 0 spiro atoms. The van der Waals surface area contributed by atoms with E-state index in [2.05, 4.69) is 0 Å². The summed E-state index contributed by atoms with van der Waals surface area (Å²) in [6, 6.07) is 19.7. The van der Waals surface area contributed by atoms with Crippen LogP contribution in [-0.4, -0.2) is 40.5 Å². The molecule has 4 rings (SSSR count). The van der Waals surface area contributed by atoms with Crippen LogP contribution in [0.2, 0.25) is 0 Å². The van der Waals surface area contributed by atoms with E-state index in [9.17, 15) is 19.8 Å². The molecule has 3 aromatic carbocycles. The van der Waals surface area contributed by atoms with Gasteiger partial charge < -0.3 is 24.6 Å². The summed E-state index contributed by atoms with van der Waals surface area (Å²) in [5.74, 6) is -1.02. The Morgan fingerprint density at radius 3 is 2.35 bits per heavy atom. The average molecular weight is 459 g/mol. The van der Waals surface area contributed by atoms with Crippen molar-refractivity contribution in [1.82, 2.24) is 4.90 Å². The summed E-state index contributed by atoms with van der Waals surface area (Å²) in [5, 5.41) is 21.2. The normalized spacial score (nSPS) is 17.1. The van der Waals surface area contributed by atoms with Gasteiger partial charge in [-0.05, 0) is 54.4 Å². The maximum Gasteiger partial charge on any atom is 0.295 e. The summed E-state index contributed by atoms with van der Waals surface area (Å²) in [4.78, 5) is 27.7. The number of rotatable bonds is 7. The summed E-state index contributed by atoms with van der Waals surface area (Å²) in [5.41, 5.74) is 1.72. The van der Waals surface area contributed by atoms with Gasteiger partial charge in [-0.2, -0.15) is 0 Å². The van der Waals surface area contributed by atoms with E-state index < -0.39 is 17.7 Å². The first kappa shape index (κ1) is 22.9. The zero-order valence-electron chi connectivity index (χ0n) is 18.9. The number of ketones is 1. The Hall–Kier alpha value is -4.26. The Morgan fingerprint density at radius 2 is 1.71 bits per heavy atom. The number of carbonyl (C=O) groups excluding carboxylic acids is 2. The molecule has 34 heavy (non-hydrogen) atoms. The molecule has 0 aliphatic carbocycles. The van der Waals surface area contributed by atoms with Crippen LogP contribution in [0.5, 0.6) is 17.2 Å². The fraction of sp³-hybridized carbons (Fsp3) is 0.185. The van der Waals surface area contributed by atoms with E-state index in [-0.39, 0.29) is 29.4 Å². The van der Waals surface area contributed by atoms with Crippen molar-refractivity contribution in [2.24, 2.45) is 0 Å². The molecule has 1 amide bonds. The van der Waals surface area contributed by atoms with Crippen molar-refractivity contribution < 1.29 is 29.3 Å². The molecule has 3 aromatic rings. The average Bonchev–Trinajstić information content (AvgIpc) is 3.10. The third kappa shape index (κ3) is 4.32. The molecule has 1 aliphatic heterocycles. The van der Waals surface area contributed by atoms with Crippen LogP contribution in [-0.2, 0) is 16.1 Å². The minimum absolute atomic E-state index is 0.0298. The lowest BCUT2D eigenvalue weighted by Gasteiger charge is -2.26. The number of ether oxygens (including phenoxy) is 2. The fourth-order valence-corrected chi connectivity index (χ4v) is 4.07. The number of amides is 1. The van der Waals surface area contributed by atoms with Crippen LogP contribution in [0.25, 0.3) is 5.76 Å². The molecule has 1 heterocycles. The van der Waals surface area contributed by atoms with Crippen molar-refractivity contribution in [3.8, 4) is 17.2 Å². The molecule has 2 N–H and O–H groups in total. The van der Waals surface area contributed by atoms with Gasteiger partial charge in [0.1, 0.15) is 11.5 Å². The standard InChI is InChI=1S/C27H25NO6/c1-3-34-20-12-9-18(10-13-20)25(30)23-24(19-11-14-21(29)22(15-19)33-2)28(27(32)26(23)31)16-17-7-5-4-6-8-17/h4-15,24,29-30H,3,16H2,1-2H3. The molecule has 0 radical (unpaired) electrons. The lowest BCUT2D eigenvalue weighted by molar-refractivity contribution is -0.140. The molecule has 0 aromatic heterocycles. The highest BCUT2D eigenvalue weighted by molar-refractivity contribution is 6.46. The molecule has 0 bridgehead atoms. The molecule has 1 unspecified atom stereocenters. The SMILES string of the molecule is CCOc1ccc(C(O)=C2C(=O)C(=O)N(Cc3ccccc3)C2c2ccc(O)c(OC)c2)cc1. The number of aliphatic hydroxyl groups is 1. The van der Waals surface area contributed by atoms with Crippen molar-refractivity contribution >= 4 is 17.4 Å². The van der Waals surface area contributed by atoms with E-state index in [4.69, 9.17) is 9.47 Å². The topological polar surface area (TPSA) is 96.3 Å². The van der Waals surface area contributed by atoms with E-state index in [0.29, 0.717) is 23.5 Å². The first-order chi connectivity index (χ1) is 16.4. The van der Waals surface area contributed by atoms with Gasteiger partial charge in [0, 0.05) is 12.1 Å². The van der Waals surface area contributed by atoms with Gasteiger partial charge in [-0.25, -0.2) is 0 Å². The maximum absolute atomic E-state index is 13.2. The van der Waals surface area contributed by atoms with E-state index in [0.717, 1.165) is 5.56 Å². The zero-order chi connectivity index (χ0) is 24.2. The second kappa shape index (κ2) is 9.70. The molecule has 7 heteroatoms. The van der Waals surface area contributed by atoms with Gasteiger partial charge in [0.05, 0.1) is 25.3 Å². The smallest absolute Gasteiger partial charge is 0.295 e. The zero-order valence-corrected chi connectivity index (χ0v) is 18.9. The largest absolute Gasteiger partial charge is 0.507 e. The van der Waals surface area contributed by atoms with Crippen LogP contribution in [0, 0.1) is 0 Å². The summed E-state index contributed by atoms with van der Waals surface area (Å²) >= 11 is 0. The third-order valence-electron chi connectivity index (χ3n) is 5.69. The van der Waals surface area contributed by atoms with Crippen molar-refractivity contribution in [2.45, 2.75) is 19.5 Å². The Kier molecular flexibility index (Phi) is 6.54. The molecule has 1 fully saturated rings. The molecule has 174 valence electrons. The van der Waals surface area contributed by atoms with Crippen LogP contribution in [0.1, 0.15) is 29.7 Å². The number of phenols is 1. The number of Topliss-reactive ketones (excluding diaryl/α,β-unsaturated/α-hetero) is 1. The van der Waals surface area contributed by atoms with Crippen LogP contribution in [0.4, 0.5) is 0 Å². The number of hydrogen-bond donors (Lipinski definition) is 2. The highest BCUT2D eigenvalue weighted by Crippen LogP contribution is 2.42. The van der Waals surface area contributed by atoms with Crippen LogP contribution < -0.4 is 9.47 Å². The monoisotopic (exact) mass is 459 g/mol. The lowest BCUT2D eigenvalue weighted by Crippen LogP contribution is -2.29. The maximum atomic E-state index is 13.2. The predicted octanol–water partition coefficient (Wildman–Crippen LogP) is 4.42. The predicted molar refractivity (Wildman–Crippen MR) is 127 cm³/mol. The van der Waals surface area contributed by atoms with E-state index in [1.807, 2.05) is 37.3 Å². The van der Waals surface area contributed by atoms with E-state index >= 15 is 0 Å². The number of hydrogen-bond acceptors (Lipinski definition) is 6. The van der Waals surface area contributed by atoms with Gasteiger partial charge in [-0.1, -0.05) is 36.4 Å². The minimum Gasteiger partial charge on any atom is -0.507 e. The number of aliphatic hydroxyl groups excluding tert-OH is 1. The molecule has 1 saturated heterocycles. The van der Waals surface area contributed by atoms with Gasteiger partial charge in [-0.15, -0.1) is 0 Å². The van der Waals surface area contributed by atoms with Crippen molar-refractivity contribution in [1.29, 1.82) is 0 Å².